The summed E-state index contributed by atoms with van der Waals surface area (Å²) in [6.45, 7) is 2.13. The highest BCUT2D eigenvalue weighted by Crippen LogP contribution is 2.08. The van der Waals surface area contributed by atoms with Crippen LogP contribution in [-0.2, 0) is 4.79 Å². The van der Waals surface area contributed by atoms with Gasteiger partial charge in [0.25, 0.3) is 0 Å². The molecule has 1 unspecified atom stereocenters. The zero-order chi connectivity index (χ0) is 8.97. The lowest BCUT2D eigenvalue weighted by atomic mass is 10.2. The first-order valence-corrected chi connectivity index (χ1v) is 4.69. The Hall–Kier alpha value is -0.640. The lowest BCUT2D eigenvalue weighted by Crippen LogP contribution is -2.44. The molecule has 0 aromatic rings. The Kier molecular flexibility index (Phi) is 3.47. The average Bonchev–Trinajstić information content (AvgIpc) is 1.99. The van der Waals surface area contributed by atoms with Gasteiger partial charge in [-0.15, -0.1) is 12.6 Å². The third-order valence-corrected chi connectivity index (χ3v) is 1.96. The van der Waals surface area contributed by atoms with E-state index >= 15 is 0 Å². The summed E-state index contributed by atoms with van der Waals surface area (Å²) in [5, 5.41) is 5.70. The van der Waals surface area contributed by atoms with Crippen molar-refractivity contribution in [2.75, 3.05) is 0 Å². The molecule has 1 aliphatic rings. The maximum absolute atomic E-state index is 11.0. The van der Waals surface area contributed by atoms with E-state index < -0.39 is 0 Å². The van der Waals surface area contributed by atoms with Crippen molar-refractivity contribution in [1.82, 2.24) is 10.6 Å². The van der Waals surface area contributed by atoms with Crippen LogP contribution in [0.5, 0.6) is 0 Å². The highest BCUT2D eigenvalue weighted by Gasteiger charge is 2.13. The summed E-state index contributed by atoms with van der Waals surface area (Å²) in [5.41, 5.74) is 0.759. The molecule has 0 spiro atoms. The third kappa shape index (κ3) is 2.77. The average molecular weight is 186 g/mol. The molecule has 0 saturated carbocycles. The van der Waals surface area contributed by atoms with E-state index in [1.807, 2.05) is 0 Å². The molecule has 0 aromatic heterocycles. The van der Waals surface area contributed by atoms with E-state index in [0.29, 0.717) is 0 Å². The van der Waals surface area contributed by atoms with Gasteiger partial charge >= 0.3 is 0 Å². The standard InChI is InChI=1S/C8H14N2OS/c1-2-3-4-6-5-7(11)10-8(12)9-6/h5,8-9,12H,2-4H2,1H3,(H,10,11). The summed E-state index contributed by atoms with van der Waals surface area (Å²) in [7, 11) is 0. The normalized spacial score (nSPS) is 22.7. The van der Waals surface area contributed by atoms with Crippen LogP contribution in [0.25, 0.3) is 0 Å². The Morgan fingerprint density at radius 2 is 2.33 bits per heavy atom. The molecule has 1 rings (SSSR count). The minimum atomic E-state index is -0.227. The van der Waals surface area contributed by atoms with E-state index in [1.165, 1.54) is 0 Å². The Labute approximate surface area is 78.0 Å². The van der Waals surface area contributed by atoms with Crippen molar-refractivity contribution in [3.8, 4) is 0 Å². The van der Waals surface area contributed by atoms with Gasteiger partial charge in [-0.3, -0.25) is 4.79 Å². The largest absolute Gasteiger partial charge is 0.360 e. The zero-order valence-electron chi connectivity index (χ0n) is 7.13. The molecule has 1 atom stereocenters. The van der Waals surface area contributed by atoms with Crippen LogP contribution in [0.4, 0.5) is 0 Å². The number of carbonyl (C=O) groups excluding carboxylic acids is 1. The van der Waals surface area contributed by atoms with Gasteiger partial charge in [0, 0.05) is 11.8 Å². The number of allylic oxidation sites excluding steroid dienone is 1. The van der Waals surface area contributed by atoms with Gasteiger partial charge in [0.2, 0.25) is 5.91 Å². The number of amides is 1. The molecule has 0 saturated heterocycles. The maximum Gasteiger partial charge on any atom is 0.247 e. The van der Waals surface area contributed by atoms with E-state index in [2.05, 4.69) is 30.2 Å². The van der Waals surface area contributed by atoms with E-state index in [-0.39, 0.29) is 11.4 Å². The highest BCUT2D eigenvalue weighted by atomic mass is 32.1. The first-order valence-electron chi connectivity index (χ1n) is 4.18. The van der Waals surface area contributed by atoms with Crippen molar-refractivity contribution >= 4 is 18.5 Å². The molecule has 0 fully saturated rings. The van der Waals surface area contributed by atoms with Crippen LogP contribution in [0.2, 0.25) is 0 Å². The number of rotatable bonds is 3. The van der Waals surface area contributed by atoms with Crippen LogP contribution in [0.3, 0.4) is 0 Å². The fourth-order valence-electron chi connectivity index (χ4n) is 1.10. The Bertz CT molecular complexity index is 203. The summed E-state index contributed by atoms with van der Waals surface area (Å²) in [4.78, 5) is 11.0. The van der Waals surface area contributed by atoms with E-state index in [4.69, 9.17) is 0 Å². The molecule has 0 radical (unpaired) electrons. The second-order valence-corrected chi connectivity index (χ2v) is 3.34. The number of thiol groups is 1. The summed E-state index contributed by atoms with van der Waals surface area (Å²) in [6, 6.07) is 0. The molecule has 0 bridgehead atoms. The van der Waals surface area contributed by atoms with Crippen LogP contribution in [-0.4, -0.2) is 11.4 Å². The van der Waals surface area contributed by atoms with E-state index in [1.54, 1.807) is 6.08 Å². The molecule has 1 aliphatic heterocycles. The molecule has 3 nitrogen and oxygen atoms in total. The molecule has 0 aromatic carbocycles. The molecule has 1 amide bonds. The van der Waals surface area contributed by atoms with Crippen LogP contribution in [0.15, 0.2) is 11.8 Å². The summed E-state index contributed by atoms with van der Waals surface area (Å²) in [5.74, 6) is -0.0557. The van der Waals surface area contributed by atoms with Gasteiger partial charge in [-0.2, -0.15) is 0 Å². The number of nitrogens with one attached hydrogen (secondary N) is 2. The highest BCUT2D eigenvalue weighted by molar-refractivity contribution is 7.80. The van der Waals surface area contributed by atoms with Gasteiger partial charge in [-0.05, 0) is 12.8 Å². The van der Waals surface area contributed by atoms with Crippen molar-refractivity contribution in [2.45, 2.75) is 31.7 Å². The molecule has 4 heteroatoms. The molecular formula is C8H14N2OS. The smallest absolute Gasteiger partial charge is 0.247 e. The number of unbranched alkanes of at least 4 members (excludes halogenated alkanes) is 1. The lowest BCUT2D eigenvalue weighted by molar-refractivity contribution is -0.117. The predicted molar refractivity (Wildman–Crippen MR) is 51.7 cm³/mol. The zero-order valence-corrected chi connectivity index (χ0v) is 8.03. The SMILES string of the molecule is CCCCC1=CC(=O)NC(S)N1. The Balaban J connectivity index is 2.46. The van der Waals surface area contributed by atoms with Crippen molar-refractivity contribution < 1.29 is 4.79 Å². The maximum atomic E-state index is 11.0. The second kappa shape index (κ2) is 4.40. The van der Waals surface area contributed by atoms with Crippen molar-refractivity contribution in [3.05, 3.63) is 11.8 Å². The fraction of sp³-hybridized carbons (Fsp3) is 0.625. The van der Waals surface area contributed by atoms with Gasteiger partial charge in [-0.25, -0.2) is 0 Å². The van der Waals surface area contributed by atoms with Gasteiger partial charge < -0.3 is 10.6 Å². The van der Waals surface area contributed by atoms with Gasteiger partial charge in [0.05, 0.1) is 0 Å². The molecule has 12 heavy (non-hydrogen) atoms. The van der Waals surface area contributed by atoms with Crippen LogP contribution >= 0.6 is 12.6 Å². The van der Waals surface area contributed by atoms with Crippen molar-refractivity contribution in [2.24, 2.45) is 0 Å². The minimum absolute atomic E-state index is 0.0557. The van der Waals surface area contributed by atoms with Crippen LogP contribution in [0.1, 0.15) is 26.2 Å². The number of hydrogen-bond donors (Lipinski definition) is 3. The van der Waals surface area contributed by atoms with Gasteiger partial charge in [0.1, 0.15) is 5.50 Å². The number of hydrogen-bond acceptors (Lipinski definition) is 3. The molecule has 2 N–H and O–H groups in total. The van der Waals surface area contributed by atoms with Gasteiger partial charge in [-0.1, -0.05) is 13.3 Å². The topological polar surface area (TPSA) is 41.1 Å². The van der Waals surface area contributed by atoms with Crippen LogP contribution < -0.4 is 10.6 Å². The first-order chi connectivity index (χ1) is 5.72. The van der Waals surface area contributed by atoms with Crippen molar-refractivity contribution in [1.29, 1.82) is 0 Å². The molecule has 0 aliphatic carbocycles. The quantitative estimate of drug-likeness (QED) is 0.575. The fourth-order valence-corrected chi connectivity index (χ4v) is 1.39. The summed E-state index contributed by atoms with van der Waals surface area (Å²) in [6.07, 6.45) is 4.77. The predicted octanol–water partition coefficient (Wildman–Crippen LogP) is 0.993. The van der Waals surface area contributed by atoms with E-state index in [0.717, 1.165) is 25.0 Å². The van der Waals surface area contributed by atoms with E-state index in [9.17, 15) is 4.79 Å². The summed E-state index contributed by atoms with van der Waals surface area (Å²) < 4.78 is 0. The molecular weight excluding hydrogens is 172 g/mol. The van der Waals surface area contributed by atoms with Gasteiger partial charge in [0.15, 0.2) is 0 Å². The second-order valence-electron chi connectivity index (χ2n) is 2.83. The molecule has 68 valence electrons. The molecule has 1 heterocycles. The Morgan fingerprint density at radius 3 is 2.92 bits per heavy atom. The number of carbonyl (C=O) groups is 1. The lowest BCUT2D eigenvalue weighted by Gasteiger charge is -2.22. The first kappa shape index (κ1) is 9.45. The minimum Gasteiger partial charge on any atom is -0.360 e. The van der Waals surface area contributed by atoms with Crippen molar-refractivity contribution in [3.63, 3.8) is 0 Å². The monoisotopic (exact) mass is 186 g/mol. The van der Waals surface area contributed by atoms with Crippen LogP contribution in [0, 0.1) is 0 Å². The Morgan fingerprint density at radius 1 is 1.58 bits per heavy atom. The summed E-state index contributed by atoms with van der Waals surface area (Å²) >= 11 is 4.12. The third-order valence-electron chi connectivity index (χ3n) is 1.71.